The van der Waals surface area contributed by atoms with Crippen LogP contribution in [-0.2, 0) is 0 Å². The molecule has 6 N–H and O–H groups in total. The fourth-order valence-electron chi connectivity index (χ4n) is 2.77. The van der Waals surface area contributed by atoms with Crippen LogP contribution >= 0.6 is 11.6 Å². The molecule has 0 aliphatic heterocycles. The highest BCUT2D eigenvalue weighted by Gasteiger charge is 2.10. The summed E-state index contributed by atoms with van der Waals surface area (Å²) in [5.41, 5.74) is 14.3. The lowest BCUT2D eigenvalue weighted by Gasteiger charge is -2.12. The third-order valence-corrected chi connectivity index (χ3v) is 4.40. The Balaban J connectivity index is 0.00000320. The minimum absolute atomic E-state index is 0. The molecular formula is C21H22ClN5O3. The highest BCUT2D eigenvalue weighted by Crippen LogP contribution is 2.28. The fraction of sp³-hybridized carbons (Fsp3) is 0.190. The zero-order valence-corrected chi connectivity index (χ0v) is 17.1. The third-order valence-electron chi connectivity index (χ3n) is 4.15. The van der Waals surface area contributed by atoms with Crippen LogP contribution in [0.4, 0.5) is 11.8 Å². The minimum Gasteiger partial charge on any atom is -0.492 e. The summed E-state index contributed by atoms with van der Waals surface area (Å²) in [5.74, 6) is 1.27. The number of rotatable bonds is 7. The van der Waals surface area contributed by atoms with Crippen molar-refractivity contribution in [1.29, 1.82) is 5.26 Å². The van der Waals surface area contributed by atoms with Crippen molar-refractivity contribution >= 4 is 23.4 Å². The van der Waals surface area contributed by atoms with E-state index in [1.807, 2.05) is 30.3 Å². The molecule has 8 nitrogen and oxygen atoms in total. The van der Waals surface area contributed by atoms with Gasteiger partial charge in [-0.2, -0.15) is 10.2 Å². The molecule has 0 saturated heterocycles. The van der Waals surface area contributed by atoms with Gasteiger partial charge >= 0.3 is 0 Å². The highest BCUT2D eigenvalue weighted by molar-refractivity contribution is 6.30. The van der Waals surface area contributed by atoms with Crippen molar-refractivity contribution in [1.82, 2.24) is 9.97 Å². The second kappa shape index (κ2) is 10.3. The van der Waals surface area contributed by atoms with E-state index in [9.17, 15) is 5.26 Å². The van der Waals surface area contributed by atoms with Gasteiger partial charge < -0.3 is 26.4 Å². The molecule has 0 unspecified atom stereocenters. The minimum atomic E-state index is 0. The van der Waals surface area contributed by atoms with Crippen LogP contribution in [0, 0.1) is 18.3 Å². The number of hydrogen-bond donors (Lipinski definition) is 2. The van der Waals surface area contributed by atoms with Crippen molar-refractivity contribution in [3.63, 3.8) is 0 Å². The number of halogens is 1. The average molecular weight is 428 g/mol. The lowest BCUT2D eigenvalue weighted by Crippen LogP contribution is -2.10. The Morgan fingerprint density at radius 3 is 2.33 bits per heavy atom. The molecule has 1 heterocycles. The lowest BCUT2D eigenvalue weighted by atomic mass is 10.0. The normalized spacial score (nSPS) is 10.0. The molecule has 3 rings (SSSR count). The van der Waals surface area contributed by atoms with Crippen LogP contribution in [0.1, 0.15) is 17.7 Å². The summed E-state index contributed by atoms with van der Waals surface area (Å²) in [5, 5.41) is 10.1. The Morgan fingerprint density at radius 2 is 1.67 bits per heavy atom. The van der Waals surface area contributed by atoms with Crippen molar-refractivity contribution in [3.05, 3.63) is 58.7 Å². The average Bonchev–Trinajstić information content (AvgIpc) is 2.70. The third kappa shape index (κ3) is 5.50. The molecule has 0 fully saturated rings. The van der Waals surface area contributed by atoms with Gasteiger partial charge in [-0.3, -0.25) is 0 Å². The fourth-order valence-corrected chi connectivity index (χ4v) is 2.89. The predicted octanol–water partition coefficient (Wildman–Crippen LogP) is 3.16. The molecule has 0 aliphatic carbocycles. The first-order chi connectivity index (χ1) is 14.0. The summed E-state index contributed by atoms with van der Waals surface area (Å²) in [6.07, 6.45) is 0.590. The molecule has 1 aromatic heterocycles. The maximum Gasteiger partial charge on any atom is 0.222 e. The number of ether oxygens (including phenoxy) is 2. The Bertz CT molecular complexity index is 1030. The molecule has 156 valence electrons. The Labute approximate surface area is 179 Å². The molecule has 0 radical (unpaired) electrons. The van der Waals surface area contributed by atoms with Gasteiger partial charge in [-0.05, 0) is 42.3 Å². The molecule has 0 aliphatic rings. The van der Waals surface area contributed by atoms with E-state index in [0.717, 1.165) is 11.1 Å². The van der Waals surface area contributed by atoms with Gasteiger partial charge in [-0.15, -0.1) is 0 Å². The van der Waals surface area contributed by atoms with Crippen molar-refractivity contribution in [2.24, 2.45) is 0 Å². The summed E-state index contributed by atoms with van der Waals surface area (Å²) in [4.78, 5) is 7.91. The van der Waals surface area contributed by atoms with E-state index in [1.54, 1.807) is 19.1 Å². The van der Waals surface area contributed by atoms with Gasteiger partial charge in [0.25, 0.3) is 0 Å². The van der Waals surface area contributed by atoms with Crippen molar-refractivity contribution in [2.45, 2.75) is 13.3 Å². The number of aryl methyl sites for hydroxylation is 1. The van der Waals surface area contributed by atoms with E-state index in [1.165, 1.54) is 0 Å². The molecular weight excluding hydrogens is 406 g/mol. The second-order valence-corrected chi connectivity index (χ2v) is 6.70. The highest BCUT2D eigenvalue weighted by atomic mass is 35.5. The Morgan fingerprint density at radius 1 is 1.00 bits per heavy atom. The molecule has 0 atom stereocenters. The summed E-state index contributed by atoms with van der Waals surface area (Å²) in [6, 6.07) is 15.1. The first-order valence-corrected chi connectivity index (χ1v) is 9.31. The molecule has 0 amide bonds. The van der Waals surface area contributed by atoms with Gasteiger partial charge in [-0.1, -0.05) is 29.8 Å². The van der Waals surface area contributed by atoms with Crippen LogP contribution in [0.15, 0.2) is 42.5 Å². The molecule has 2 aromatic carbocycles. The van der Waals surface area contributed by atoms with Gasteiger partial charge in [0, 0.05) is 11.4 Å². The standard InChI is InChI=1S/C21H20ClN5O2.H2O/c1-13-19(20(24)27-21(25)26-13)29-10-2-9-28-18-8-5-15(11-16(18)12-23)14-3-6-17(22)7-4-14;/h3-8,11H,2,9-10H2,1H3,(H4,24,25,26,27);1H2. The monoisotopic (exact) mass is 427 g/mol. The number of aromatic nitrogens is 2. The van der Waals surface area contributed by atoms with Crippen LogP contribution in [0.25, 0.3) is 11.1 Å². The van der Waals surface area contributed by atoms with E-state index < -0.39 is 0 Å². The molecule has 0 spiro atoms. The second-order valence-electron chi connectivity index (χ2n) is 6.26. The zero-order valence-electron chi connectivity index (χ0n) is 16.4. The van der Waals surface area contributed by atoms with Crippen LogP contribution in [0.2, 0.25) is 5.02 Å². The molecule has 3 aromatic rings. The first kappa shape index (κ1) is 22.7. The van der Waals surface area contributed by atoms with E-state index in [0.29, 0.717) is 47.4 Å². The van der Waals surface area contributed by atoms with Gasteiger partial charge in [0.1, 0.15) is 11.8 Å². The molecule has 0 bridgehead atoms. The number of nitrogens with two attached hydrogens (primary N) is 2. The maximum atomic E-state index is 9.45. The van der Waals surface area contributed by atoms with E-state index in [2.05, 4.69) is 16.0 Å². The number of nitriles is 1. The summed E-state index contributed by atoms with van der Waals surface area (Å²) in [7, 11) is 0. The van der Waals surface area contributed by atoms with Crippen LogP contribution < -0.4 is 20.9 Å². The van der Waals surface area contributed by atoms with Gasteiger partial charge in [0.15, 0.2) is 11.6 Å². The van der Waals surface area contributed by atoms with Gasteiger partial charge in [-0.25, -0.2) is 4.98 Å². The first-order valence-electron chi connectivity index (χ1n) is 8.93. The Hall–Kier alpha value is -3.54. The van der Waals surface area contributed by atoms with Crippen molar-refractivity contribution < 1.29 is 14.9 Å². The number of benzene rings is 2. The van der Waals surface area contributed by atoms with E-state index >= 15 is 0 Å². The van der Waals surface area contributed by atoms with Crippen LogP contribution in [0.3, 0.4) is 0 Å². The predicted molar refractivity (Wildman–Crippen MR) is 116 cm³/mol. The zero-order chi connectivity index (χ0) is 20.8. The van der Waals surface area contributed by atoms with Gasteiger partial charge in [0.05, 0.1) is 24.5 Å². The van der Waals surface area contributed by atoms with Crippen molar-refractivity contribution in [2.75, 3.05) is 24.7 Å². The number of nitrogen functional groups attached to an aromatic ring is 2. The van der Waals surface area contributed by atoms with E-state index in [4.69, 9.17) is 32.5 Å². The van der Waals surface area contributed by atoms with Crippen molar-refractivity contribution in [3.8, 4) is 28.7 Å². The maximum absolute atomic E-state index is 9.45. The number of anilines is 2. The topological polar surface area (TPSA) is 152 Å². The Kier molecular flexibility index (Phi) is 7.81. The van der Waals surface area contributed by atoms with Crippen LogP contribution in [-0.4, -0.2) is 28.7 Å². The summed E-state index contributed by atoms with van der Waals surface area (Å²) in [6.45, 7) is 2.49. The summed E-state index contributed by atoms with van der Waals surface area (Å²) < 4.78 is 11.4. The number of nitrogens with zero attached hydrogens (tertiary/aromatic N) is 3. The molecule has 9 heteroatoms. The summed E-state index contributed by atoms with van der Waals surface area (Å²) >= 11 is 5.93. The van der Waals surface area contributed by atoms with E-state index in [-0.39, 0.29) is 17.2 Å². The number of hydrogen-bond acceptors (Lipinski definition) is 7. The lowest BCUT2D eigenvalue weighted by molar-refractivity contribution is 0.246. The molecule has 30 heavy (non-hydrogen) atoms. The smallest absolute Gasteiger partial charge is 0.222 e. The van der Waals surface area contributed by atoms with Gasteiger partial charge in [0.2, 0.25) is 5.95 Å². The molecule has 0 saturated carbocycles. The largest absolute Gasteiger partial charge is 0.492 e. The SMILES string of the molecule is Cc1nc(N)nc(N)c1OCCCOc1ccc(-c2ccc(Cl)cc2)cc1C#N.O. The quantitative estimate of drug-likeness (QED) is 0.549. The van der Waals surface area contributed by atoms with Crippen LogP contribution in [0.5, 0.6) is 11.5 Å².